The van der Waals surface area contributed by atoms with E-state index in [4.69, 9.17) is 9.57 Å². The van der Waals surface area contributed by atoms with Crippen LogP contribution in [0.1, 0.15) is 5.56 Å². The van der Waals surface area contributed by atoms with E-state index in [1.807, 2.05) is 4.90 Å². The Labute approximate surface area is 174 Å². The Balaban J connectivity index is 1.29. The predicted octanol–water partition coefficient (Wildman–Crippen LogP) is 2.22. The van der Waals surface area contributed by atoms with Gasteiger partial charge in [-0.1, -0.05) is 11.3 Å². The molecule has 1 aliphatic heterocycles. The Morgan fingerprint density at radius 1 is 1.30 bits per heavy atom. The van der Waals surface area contributed by atoms with Crippen LogP contribution in [-0.2, 0) is 11.4 Å². The van der Waals surface area contributed by atoms with Crippen molar-refractivity contribution >= 4 is 32.9 Å². The number of fused-ring (bicyclic) bond motifs is 1. The Kier molecular flexibility index (Phi) is 5.88. The van der Waals surface area contributed by atoms with Gasteiger partial charge >= 0.3 is 6.09 Å². The fourth-order valence-electron chi connectivity index (χ4n) is 3.06. The van der Waals surface area contributed by atoms with Gasteiger partial charge in [-0.25, -0.2) is 19.2 Å². The van der Waals surface area contributed by atoms with Gasteiger partial charge in [0.1, 0.15) is 17.9 Å². The molecule has 2 aromatic heterocycles. The molecule has 0 bridgehead atoms. The maximum Gasteiger partial charge on any atom is 0.432 e. The van der Waals surface area contributed by atoms with Crippen molar-refractivity contribution in [1.29, 1.82) is 0 Å². The number of benzene rings is 1. The average molecular weight is 434 g/mol. The largest absolute Gasteiger partial charge is 0.508 e. The summed E-state index contributed by atoms with van der Waals surface area (Å²) >= 11 is 1.19. The molecule has 2 N–H and O–H groups in total. The van der Waals surface area contributed by atoms with Crippen LogP contribution >= 0.6 is 11.3 Å². The number of amides is 1. The number of nitrogens with one attached hydrogen (secondary N) is 1. The molecule has 0 atom stereocenters. The van der Waals surface area contributed by atoms with E-state index in [0.29, 0.717) is 59.6 Å². The summed E-state index contributed by atoms with van der Waals surface area (Å²) in [6.07, 6.45) is 0.710. The number of nitrogens with zero attached hydrogens (tertiary/aromatic N) is 5. The molecule has 3 heterocycles. The Morgan fingerprint density at radius 3 is 2.87 bits per heavy atom. The number of carbonyl (C=O) groups excluding carboxylic acids is 1. The highest BCUT2D eigenvalue weighted by atomic mass is 32.1. The lowest BCUT2D eigenvalue weighted by molar-refractivity contribution is -0.119. The lowest BCUT2D eigenvalue weighted by Gasteiger charge is -2.33. The molecule has 1 aliphatic rings. The Hall–Kier alpha value is -3.09. The smallest absolute Gasteiger partial charge is 0.432 e. The van der Waals surface area contributed by atoms with E-state index in [9.17, 15) is 14.3 Å². The number of hydroxylamine groups is 2. The molecular weight excluding hydrogens is 415 g/mol. The molecule has 0 spiro atoms. The summed E-state index contributed by atoms with van der Waals surface area (Å²) in [5.74, 6) is 0.00428. The van der Waals surface area contributed by atoms with Gasteiger partial charge in [-0.05, 0) is 18.2 Å². The van der Waals surface area contributed by atoms with Gasteiger partial charge < -0.3 is 14.7 Å². The van der Waals surface area contributed by atoms with Crippen molar-refractivity contribution in [3.63, 3.8) is 0 Å². The zero-order chi connectivity index (χ0) is 21.1. The molecule has 12 heteroatoms. The summed E-state index contributed by atoms with van der Waals surface area (Å²) in [6, 6.07) is 3.89. The number of phenols is 1. The van der Waals surface area contributed by atoms with Crippen molar-refractivity contribution in [2.45, 2.75) is 6.54 Å². The van der Waals surface area contributed by atoms with Gasteiger partial charge in [-0.3, -0.25) is 10.2 Å². The highest BCUT2D eigenvalue weighted by molar-refractivity contribution is 7.22. The summed E-state index contributed by atoms with van der Waals surface area (Å²) < 4.78 is 18.5. The number of aromatic hydroxyl groups is 1. The quantitative estimate of drug-likeness (QED) is 0.624. The highest BCUT2D eigenvalue weighted by Gasteiger charge is 2.22. The first kappa shape index (κ1) is 20.2. The van der Waals surface area contributed by atoms with Crippen LogP contribution in [-0.4, -0.2) is 69.4 Å². The second-order valence-corrected chi connectivity index (χ2v) is 7.52. The van der Waals surface area contributed by atoms with Crippen LogP contribution in [0, 0.1) is 5.82 Å². The molecule has 158 valence electrons. The minimum absolute atomic E-state index is 0.0617. The Morgan fingerprint density at radius 2 is 2.10 bits per heavy atom. The number of carbonyl (C=O) groups is 1. The number of halogens is 1. The zero-order valence-electron chi connectivity index (χ0n) is 16.0. The lowest BCUT2D eigenvalue weighted by atomic mass is 10.1. The molecule has 1 fully saturated rings. The molecule has 30 heavy (non-hydrogen) atoms. The fraction of sp³-hybridized carbons (Fsp3) is 0.333. The van der Waals surface area contributed by atoms with E-state index in [1.54, 1.807) is 5.06 Å². The van der Waals surface area contributed by atoms with Crippen LogP contribution in [0.15, 0.2) is 24.5 Å². The maximum absolute atomic E-state index is 13.4. The summed E-state index contributed by atoms with van der Waals surface area (Å²) in [4.78, 5) is 32.5. The van der Waals surface area contributed by atoms with Crippen molar-refractivity contribution in [2.24, 2.45) is 0 Å². The van der Waals surface area contributed by atoms with Crippen LogP contribution in [0.2, 0.25) is 0 Å². The molecule has 0 saturated carbocycles. The normalized spacial score (nSPS) is 15.3. The third kappa shape index (κ3) is 4.56. The number of aromatic nitrogens is 3. The summed E-state index contributed by atoms with van der Waals surface area (Å²) in [7, 11) is 1.48. The fourth-order valence-corrected chi connectivity index (χ4v) is 3.85. The van der Waals surface area contributed by atoms with Crippen LogP contribution in [0.3, 0.4) is 0 Å². The average Bonchev–Trinajstić information content (AvgIpc) is 3.14. The number of piperazine rings is 1. The van der Waals surface area contributed by atoms with Gasteiger partial charge in [0.25, 0.3) is 0 Å². The van der Waals surface area contributed by atoms with E-state index in [1.165, 1.54) is 43.0 Å². The van der Waals surface area contributed by atoms with Crippen LogP contribution in [0.4, 0.5) is 14.3 Å². The van der Waals surface area contributed by atoms with Crippen molar-refractivity contribution in [2.75, 3.05) is 38.6 Å². The van der Waals surface area contributed by atoms with Gasteiger partial charge in [0.05, 0.1) is 7.11 Å². The monoisotopic (exact) mass is 434 g/mol. The first-order chi connectivity index (χ1) is 14.5. The van der Waals surface area contributed by atoms with E-state index in [-0.39, 0.29) is 11.6 Å². The summed E-state index contributed by atoms with van der Waals surface area (Å²) in [5.41, 5.74) is 0.992. The van der Waals surface area contributed by atoms with E-state index >= 15 is 0 Å². The number of hydrogen-bond donors (Lipinski definition) is 2. The van der Waals surface area contributed by atoms with Gasteiger partial charge in [0.2, 0.25) is 5.88 Å². The molecule has 0 unspecified atom stereocenters. The number of methoxy groups -OCH3 is 1. The molecular formula is C18H19FN6O4S. The third-order valence-corrected chi connectivity index (χ3v) is 5.42. The first-order valence-electron chi connectivity index (χ1n) is 9.11. The van der Waals surface area contributed by atoms with Crippen LogP contribution in [0.5, 0.6) is 11.6 Å². The van der Waals surface area contributed by atoms with Gasteiger partial charge in [0.15, 0.2) is 15.5 Å². The van der Waals surface area contributed by atoms with E-state index in [0.717, 1.165) is 0 Å². The minimum atomic E-state index is -0.655. The number of phenolic OH excluding ortho intramolecular Hbond substituents is 1. The third-order valence-electron chi connectivity index (χ3n) is 4.54. The molecule has 4 rings (SSSR count). The van der Waals surface area contributed by atoms with Crippen molar-refractivity contribution in [3.8, 4) is 11.6 Å². The number of ether oxygens (including phenoxy) is 1. The lowest BCUT2D eigenvalue weighted by Crippen LogP contribution is -2.46. The summed E-state index contributed by atoms with van der Waals surface area (Å²) in [5, 5.41) is 14.3. The molecule has 0 aliphatic carbocycles. The maximum atomic E-state index is 13.4. The number of anilines is 1. The van der Waals surface area contributed by atoms with Gasteiger partial charge in [0, 0.05) is 38.3 Å². The van der Waals surface area contributed by atoms with Crippen LogP contribution < -0.4 is 10.1 Å². The first-order valence-corrected chi connectivity index (χ1v) is 9.92. The zero-order valence-corrected chi connectivity index (χ0v) is 16.9. The minimum Gasteiger partial charge on any atom is -0.508 e. The summed E-state index contributed by atoms with van der Waals surface area (Å²) in [6.45, 7) is 2.55. The SMILES string of the molecule is COc1ncnc2sc(NC(=O)ON3CCN(Cc4cc(F)ccc4O)CC3)nc12. The number of thiazole rings is 1. The molecule has 0 radical (unpaired) electrons. The topological polar surface area (TPSA) is 113 Å². The van der Waals surface area contributed by atoms with Gasteiger partial charge in [-0.15, -0.1) is 5.06 Å². The molecule has 1 aromatic carbocycles. The molecule has 10 nitrogen and oxygen atoms in total. The molecule has 3 aromatic rings. The second kappa shape index (κ2) is 8.73. The molecule has 1 saturated heterocycles. The molecule has 1 amide bonds. The highest BCUT2D eigenvalue weighted by Crippen LogP contribution is 2.29. The van der Waals surface area contributed by atoms with E-state index in [2.05, 4.69) is 20.3 Å². The number of hydrogen-bond acceptors (Lipinski definition) is 10. The predicted molar refractivity (Wildman–Crippen MR) is 107 cm³/mol. The number of rotatable bonds is 5. The van der Waals surface area contributed by atoms with Crippen molar-refractivity contribution in [3.05, 3.63) is 35.9 Å². The second-order valence-electron chi connectivity index (χ2n) is 6.54. The van der Waals surface area contributed by atoms with Crippen LogP contribution in [0.25, 0.3) is 10.3 Å². The standard InChI is InChI=1S/C18H19FN6O4S/c1-28-15-14-16(21-10-20-15)30-17(22-14)23-18(27)29-25-6-4-24(5-7-25)9-11-8-12(19)2-3-13(11)26/h2-3,8,10,26H,4-7,9H2,1H3,(H,22,23,27). The van der Waals surface area contributed by atoms with E-state index < -0.39 is 6.09 Å². The van der Waals surface area contributed by atoms with Gasteiger partial charge in [-0.2, -0.15) is 4.98 Å². The van der Waals surface area contributed by atoms with Crippen molar-refractivity contribution < 1.29 is 23.9 Å². The van der Waals surface area contributed by atoms with Crippen molar-refractivity contribution in [1.82, 2.24) is 24.9 Å². The Bertz CT molecular complexity index is 1060.